The Morgan fingerprint density at radius 2 is 1.71 bits per heavy atom. The van der Waals surface area contributed by atoms with Crippen LogP contribution in [0.15, 0.2) is 30.3 Å². The third-order valence-corrected chi connectivity index (χ3v) is 7.38. The molecule has 2 amide bonds. The van der Waals surface area contributed by atoms with Gasteiger partial charge in [-0.2, -0.15) is 0 Å². The van der Waals surface area contributed by atoms with Gasteiger partial charge in [0.2, 0.25) is 11.8 Å². The number of nitrogens with zero attached hydrogens (tertiary/aromatic N) is 1. The van der Waals surface area contributed by atoms with Gasteiger partial charge in [-0.1, -0.05) is 62.4 Å². The number of piperidine rings is 1. The Labute approximate surface area is 225 Å². The number of esters is 1. The number of likely N-dealkylation sites (tertiary alicyclic amines) is 1. The second-order valence-electron chi connectivity index (χ2n) is 10.3. The van der Waals surface area contributed by atoms with Gasteiger partial charge in [0.05, 0.1) is 12.6 Å². The zero-order valence-corrected chi connectivity index (χ0v) is 22.4. The number of carbonyl (C=O) groups is 3. The molecule has 0 radical (unpaired) electrons. The molecule has 0 bridgehead atoms. The monoisotopic (exact) mass is 528 g/mol. The minimum absolute atomic E-state index is 0.0518. The van der Waals surface area contributed by atoms with Crippen LogP contribution in [0.3, 0.4) is 0 Å². The first-order valence-corrected chi connectivity index (χ1v) is 14.0. The SMILES string of the molecule is N=C(N)NCCCNC(=O)[C@H]1CCCCN1C(=O)C(CC1CCCCC1)NCC(=O)OCc1ccccc1. The summed E-state index contributed by atoms with van der Waals surface area (Å²) in [4.78, 5) is 41.0. The van der Waals surface area contributed by atoms with E-state index in [1.165, 1.54) is 6.42 Å². The molecule has 1 aromatic carbocycles. The number of carbonyl (C=O) groups excluding carboxylic acids is 3. The van der Waals surface area contributed by atoms with E-state index < -0.39 is 18.1 Å². The molecular formula is C28H44N6O4. The molecular weight excluding hydrogens is 484 g/mol. The highest BCUT2D eigenvalue weighted by Gasteiger charge is 2.36. The molecule has 2 fully saturated rings. The van der Waals surface area contributed by atoms with Crippen molar-refractivity contribution >= 4 is 23.7 Å². The van der Waals surface area contributed by atoms with Crippen LogP contribution in [0, 0.1) is 11.3 Å². The van der Waals surface area contributed by atoms with E-state index >= 15 is 0 Å². The topological polar surface area (TPSA) is 150 Å². The zero-order chi connectivity index (χ0) is 27.2. The fraction of sp³-hybridized carbons (Fsp3) is 0.643. The normalized spacial score (nSPS) is 18.8. The van der Waals surface area contributed by atoms with E-state index in [1.54, 1.807) is 4.90 Å². The van der Waals surface area contributed by atoms with Gasteiger partial charge >= 0.3 is 5.97 Å². The van der Waals surface area contributed by atoms with Crippen LogP contribution < -0.4 is 21.7 Å². The highest BCUT2D eigenvalue weighted by Crippen LogP contribution is 2.28. The number of ether oxygens (including phenoxy) is 1. The average molecular weight is 529 g/mol. The lowest BCUT2D eigenvalue weighted by molar-refractivity contribution is -0.146. The van der Waals surface area contributed by atoms with Gasteiger partial charge in [-0.05, 0) is 43.6 Å². The Bertz CT molecular complexity index is 906. The Hall–Kier alpha value is -3.14. The molecule has 2 atom stereocenters. The van der Waals surface area contributed by atoms with E-state index in [4.69, 9.17) is 15.9 Å². The summed E-state index contributed by atoms with van der Waals surface area (Å²) >= 11 is 0. The number of hydrogen-bond donors (Lipinski definition) is 5. The molecule has 1 aliphatic heterocycles. The number of hydrogen-bond acceptors (Lipinski definition) is 6. The van der Waals surface area contributed by atoms with Crippen molar-refractivity contribution in [2.75, 3.05) is 26.2 Å². The molecule has 1 aromatic rings. The summed E-state index contributed by atoms with van der Waals surface area (Å²) < 4.78 is 5.42. The van der Waals surface area contributed by atoms with E-state index in [1.807, 2.05) is 30.3 Å². The molecule has 1 heterocycles. The highest BCUT2D eigenvalue weighted by atomic mass is 16.5. The zero-order valence-electron chi connectivity index (χ0n) is 22.4. The van der Waals surface area contributed by atoms with Crippen molar-refractivity contribution in [1.82, 2.24) is 20.9 Å². The predicted octanol–water partition coefficient (Wildman–Crippen LogP) is 2.03. The van der Waals surface area contributed by atoms with Gasteiger partial charge in [0, 0.05) is 19.6 Å². The molecule has 1 unspecified atom stereocenters. The molecule has 1 aliphatic carbocycles. The van der Waals surface area contributed by atoms with Crippen molar-refractivity contribution in [3.8, 4) is 0 Å². The second kappa shape index (κ2) is 16.0. The summed E-state index contributed by atoms with van der Waals surface area (Å²) in [7, 11) is 0. The number of amides is 2. The van der Waals surface area contributed by atoms with Gasteiger partial charge in [-0.3, -0.25) is 25.1 Å². The van der Waals surface area contributed by atoms with Crippen LogP contribution in [0.1, 0.15) is 69.8 Å². The van der Waals surface area contributed by atoms with E-state index in [0.717, 1.165) is 44.1 Å². The van der Waals surface area contributed by atoms with Crippen molar-refractivity contribution < 1.29 is 19.1 Å². The van der Waals surface area contributed by atoms with Gasteiger partial charge in [0.15, 0.2) is 5.96 Å². The van der Waals surface area contributed by atoms with E-state index in [9.17, 15) is 14.4 Å². The Morgan fingerprint density at radius 3 is 2.45 bits per heavy atom. The van der Waals surface area contributed by atoms with Crippen LogP contribution in [0.4, 0.5) is 0 Å². The first-order valence-electron chi connectivity index (χ1n) is 14.0. The van der Waals surface area contributed by atoms with E-state index in [0.29, 0.717) is 44.8 Å². The molecule has 210 valence electrons. The highest BCUT2D eigenvalue weighted by molar-refractivity contribution is 5.90. The lowest BCUT2D eigenvalue weighted by atomic mass is 9.84. The molecule has 10 heteroatoms. The number of nitrogens with one attached hydrogen (secondary N) is 4. The first kappa shape index (κ1) is 29.4. The molecule has 3 rings (SSSR count). The lowest BCUT2D eigenvalue weighted by Gasteiger charge is -2.38. The number of guanidine groups is 1. The predicted molar refractivity (Wildman–Crippen MR) is 146 cm³/mol. The number of nitrogens with two attached hydrogens (primary N) is 1. The molecule has 10 nitrogen and oxygen atoms in total. The van der Waals surface area contributed by atoms with E-state index in [-0.39, 0.29) is 30.9 Å². The molecule has 1 saturated heterocycles. The van der Waals surface area contributed by atoms with Crippen LogP contribution in [-0.2, 0) is 25.7 Å². The fourth-order valence-electron chi connectivity index (χ4n) is 5.33. The third kappa shape index (κ3) is 9.96. The summed E-state index contributed by atoms with van der Waals surface area (Å²) in [6, 6.07) is 8.46. The number of rotatable bonds is 13. The maximum absolute atomic E-state index is 13.8. The van der Waals surface area contributed by atoms with Gasteiger partial charge in [0.1, 0.15) is 12.6 Å². The minimum Gasteiger partial charge on any atom is -0.460 e. The molecule has 38 heavy (non-hydrogen) atoms. The summed E-state index contributed by atoms with van der Waals surface area (Å²) in [6.07, 6.45) is 9.38. The Morgan fingerprint density at radius 1 is 1.00 bits per heavy atom. The molecule has 6 N–H and O–H groups in total. The maximum atomic E-state index is 13.8. The summed E-state index contributed by atoms with van der Waals surface area (Å²) in [5.74, 6) is -0.330. The molecule has 1 saturated carbocycles. The van der Waals surface area contributed by atoms with Crippen LogP contribution in [-0.4, -0.2) is 66.9 Å². The van der Waals surface area contributed by atoms with Gasteiger partial charge in [-0.25, -0.2) is 0 Å². The van der Waals surface area contributed by atoms with Crippen molar-refractivity contribution in [1.29, 1.82) is 5.41 Å². The standard InChI is InChI=1S/C28H44N6O4/c29-28(30)32-16-9-15-31-26(36)24-14-7-8-17-34(24)27(37)23(18-21-10-3-1-4-11-21)33-19-25(35)38-20-22-12-5-2-6-13-22/h2,5-6,12-13,21,23-24,33H,1,3-4,7-11,14-20H2,(H,31,36)(H4,29,30,32)/t23?,24-/m1/s1. The van der Waals surface area contributed by atoms with Crippen LogP contribution in [0.2, 0.25) is 0 Å². The van der Waals surface area contributed by atoms with Gasteiger partial charge in [-0.15, -0.1) is 0 Å². The average Bonchev–Trinajstić information content (AvgIpc) is 2.94. The molecule has 0 aromatic heterocycles. The maximum Gasteiger partial charge on any atom is 0.320 e. The molecule has 0 spiro atoms. The van der Waals surface area contributed by atoms with Crippen molar-refractivity contribution in [3.05, 3.63) is 35.9 Å². The minimum atomic E-state index is -0.532. The van der Waals surface area contributed by atoms with E-state index in [2.05, 4.69) is 16.0 Å². The van der Waals surface area contributed by atoms with Gasteiger partial charge in [0.25, 0.3) is 0 Å². The Balaban J connectivity index is 1.58. The van der Waals surface area contributed by atoms with Crippen LogP contribution in [0.25, 0.3) is 0 Å². The quantitative estimate of drug-likeness (QED) is 0.114. The van der Waals surface area contributed by atoms with Crippen LogP contribution >= 0.6 is 0 Å². The Kier molecular flexibility index (Phi) is 12.4. The van der Waals surface area contributed by atoms with Crippen molar-refractivity contribution in [3.63, 3.8) is 0 Å². The lowest BCUT2D eigenvalue weighted by Crippen LogP contribution is -2.57. The fourth-order valence-corrected chi connectivity index (χ4v) is 5.33. The smallest absolute Gasteiger partial charge is 0.320 e. The molecule has 2 aliphatic rings. The number of benzene rings is 1. The summed E-state index contributed by atoms with van der Waals surface area (Å²) in [5.41, 5.74) is 6.20. The summed E-state index contributed by atoms with van der Waals surface area (Å²) in [5, 5.41) is 16.1. The largest absolute Gasteiger partial charge is 0.460 e. The van der Waals surface area contributed by atoms with Crippen molar-refractivity contribution in [2.45, 2.75) is 82.9 Å². The first-order chi connectivity index (χ1) is 18.4. The van der Waals surface area contributed by atoms with Gasteiger partial charge < -0.3 is 26.0 Å². The second-order valence-corrected chi connectivity index (χ2v) is 10.3. The van der Waals surface area contributed by atoms with Crippen LogP contribution in [0.5, 0.6) is 0 Å². The van der Waals surface area contributed by atoms with Crippen molar-refractivity contribution in [2.24, 2.45) is 11.7 Å². The summed E-state index contributed by atoms with van der Waals surface area (Å²) in [6.45, 7) is 1.61. The third-order valence-electron chi connectivity index (χ3n) is 7.38.